The molecule has 0 aliphatic carbocycles. The van der Waals surface area contributed by atoms with Gasteiger partial charge in [-0.05, 0) is 42.3 Å². The van der Waals surface area contributed by atoms with Crippen LogP contribution in [0.2, 0.25) is 5.02 Å². The summed E-state index contributed by atoms with van der Waals surface area (Å²) in [7, 11) is 0. The molecular formula is C13H9BrClN3O. The quantitative estimate of drug-likeness (QED) is 0.683. The predicted octanol–water partition coefficient (Wildman–Crippen LogP) is 3.28. The number of fused-ring (bicyclic) bond motifs is 1. The number of hydrogen-bond acceptors (Lipinski definition) is 2. The Morgan fingerprint density at radius 1 is 1.16 bits per heavy atom. The number of rotatable bonds is 1. The van der Waals surface area contributed by atoms with Crippen LogP contribution in [-0.4, -0.2) is 13.2 Å². The van der Waals surface area contributed by atoms with Gasteiger partial charge in [-0.15, -0.1) is 8.81 Å². The summed E-state index contributed by atoms with van der Waals surface area (Å²) in [6.07, 6.45) is 0. The average molecular weight is 339 g/mol. The maximum absolute atomic E-state index is 11.8. The van der Waals surface area contributed by atoms with Crippen molar-refractivity contribution < 1.29 is 0 Å². The zero-order chi connectivity index (χ0) is 13.6. The van der Waals surface area contributed by atoms with E-state index in [0.717, 1.165) is 20.5 Å². The van der Waals surface area contributed by atoms with Crippen molar-refractivity contribution in [2.75, 3.05) is 0 Å². The molecule has 0 saturated heterocycles. The van der Waals surface area contributed by atoms with Crippen LogP contribution < -0.4 is 5.69 Å². The summed E-state index contributed by atoms with van der Waals surface area (Å²) in [6.45, 7) is 1.88. The van der Waals surface area contributed by atoms with Gasteiger partial charge in [-0.1, -0.05) is 23.7 Å². The minimum absolute atomic E-state index is 0.213. The third-order valence-corrected chi connectivity index (χ3v) is 3.66. The summed E-state index contributed by atoms with van der Waals surface area (Å²) >= 11 is 8.97. The number of benzene rings is 1. The van der Waals surface area contributed by atoms with Gasteiger partial charge in [0.1, 0.15) is 0 Å². The second-order valence-electron chi connectivity index (χ2n) is 4.23. The maximum atomic E-state index is 11.8. The normalized spacial score (nSPS) is 11.1. The number of aromatic nitrogens is 3. The molecule has 2 aromatic heterocycles. The minimum atomic E-state index is -0.213. The Labute approximate surface area is 122 Å². The average Bonchev–Trinajstić information content (AvgIpc) is 2.66. The Hall–Kier alpha value is -1.59. The molecule has 6 heteroatoms. The fourth-order valence-electron chi connectivity index (χ4n) is 2.06. The first kappa shape index (κ1) is 12.4. The van der Waals surface area contributed by atoms with Crippen LogP contribution in [0.25, 0.3) is 16.8 Å². The summed E-state index contributed by atoms with van der Waals surface area (Å²) in [5.74, 6) is 0. The highest BCUT2D eigenvalue weighted by molar-refractivity contribution is 9.08. The number of hydrogen-bond donors (Lipinski definition) is 0. The predicted molar refractivity (Wildman–Crippen MR) is 79.0 cm³/mol. The van der Waals surface area contributed by atoms with Gasteiger partial charge < -0.3 is 0 Å². The molecule has 0 spiro atoms. The van der Waals surface area contributed by atoms with E-state index in [1.54, 1.807) is 4.40 Å². The standard InChI is InChI=1S/C13H9BrClN3O/c1-8-6-10(9-2-4-11(15)5-3-9)7-12-16-18(14)13(19)17(8)12/h2-7H,1H3. The molecule has 0 saturated carbocycles. The van der Waals surface area contributed by atoms with E-state index in [-0.39, 0.29) is 5.69 Å². The van der Waals surface area contributed by atoms with Crippen LogP contribution in [-0.2, 0) is 0 Å². The van der Waals surface area contributed by atoms with Crippen molar-refractivity contribution in [1.29, 1.82) is 0 Å². The smallest absolute Gasteiger partial charge is 0.247 e. The lowest BCUT2D eigenvalue weighted by molar-refractivity contribution is 0.956. The zero-order valence-corrected chi connectivity index (χ0v) is 12.3. The molecule has 0 unspecified atom stereocenters. The van der Waals surface area contributed by atoms with Crippen LogP contribution in [0.15, 0.2) is 41.2 Å². The summed E-state index contributed by atoms with van der Waals surface area (Å²) in [5, 5.41) is 4.83. The Morgan fingerprint density at radius 3 is 2.53 bits per heavy atom. The van der Waals surface area contributed by atoms with Crippen LogP contribution in [0, 0.1) is 6.92 Å². The molecule has 4 nitrogen and oxygen atoms in total. The first-order valence-corrected chi connectivity index (χ1v) is 6.69. The number of halogens is 2. The molecule has 0 fully saturated rings. The fourth-order valence-corrected chi connectivity index (χ4v) is 2.51. The van der Waals surface area contributed by atoms with Crippen LogP contribution in [0.1, 0.15) is 5.69 Å². The second kappa shape index (κ2) is 4.51. The summed E-state index contributed by atoms with van der Waals surface area (Å²) in [4.78, 5) is 11.8. The van der Waals surface area contributed by atoms with Gasteiger partial charge in [-0.2, -0.15) is 0 Å². The molecule has 0 aliphatic rings. The number of aryl methyl sites for hydroxylation is 1. The van der Waals surface area contributed by atoms with E-state index in [1.165, 1.54) is 0 Å². The van der Waals surface area contributed by atoms with Crippen molar-refractivity contribution >= 4 is 33.4 Å². The van der Waals surface area contributed by atoms with Crippen molar-refractivity contribution in [1.82, 2.24) is 13.2 Å². The SMILES string of the molecule is Cc1cc(-c2ccc(Cl)cc2)cc2nn(Br)c(=O)n12. The van der Waals surface area contributed by atoms with Crippen molar-refractivity contribution in [2.45, 2.75) is 6.92 Å². The Balaban J connectivity index is 2.26. The lowest BCUT2D eigenvalue weighted by Gasteiger charge is -2.04. The van der Waals surface area contributed by atoms with E-state index in [1.807, 2.05) is 43.3 Å². The summed E-state index contributed by atoms with van der Waals surface area (Å²) < 4.78 is 2.70. The largest absolute Gasteiger partial charge is 0.361 e. The molecule has 0 radical (unpaired) electrons. The molecule has 0 bridgehead atoms. The van der Waals surface area contributed by atoms with E-state index in [9.17, 15) is 4.79 Å². The van der Waals surface area contributed by atoms with Crippen molar-refractivity contribution in [3.63, 3.8) is 0 Å². The number of nitrogens with zero attached hydrogens (tertiary/aromatic N) is 3. The van der Waals surface area contributed by atoms with Crippen LogP contribution in [0.4, 0.5) is 0 Å². The van der Waals surface area contributed by atoms with Crippen molar-refractivity contribution in [3.05, 3.63) is 57.6 Å². The fraction of sp³-hybridized carbons (Fsp3) is 0.0769. The zero-order valence-electron chi connectivity index (χ0n) is 9.97. The van der Waals surface area contributed by atoms with Gasteiger partial charge in [-0.25, -0.2) is 9.20 Å². The summed E-state index contributed by atoms with van der Waals surface area (Å²) in [5.41, 5.74) is 3.26. The minimum Gasteiger partial charge on any atom is -0.247 e. The monoisotopic (exact) mass is 337 g/mol. The molecule has 19 heavy (non-hydrogen) atoms. The van der Waals surface area contributed by atoms with Crippen LogP contribution in [0.3, 0.4) is 0 Å². The van der Waals surface area contributed by atoms with Crippen molar-refractivity contribution in [2.24, 2.45) is 0 Å². The first-order chi connectivity index (χ1) is 9.06. The van der Waals surface area contributed by atoms with E-state index < -0.39 is 0 Å². The van der Waals surface area contributed by atoms with Gasteiger partial charge in [0.2, 0.25) is 0 Å². The highest BCUT2D eigenvalue weighted by Crippen LogP contribution is 2.23. The molecule has 3 rings (SSSR count). The Kier molecular flexibility index (Phi) is 2.95. The highest BCUT2D eigenvalue weighted by atomic mass is 79.9. The third kappa shape index (κ3) is 2.09. The van der Waals surface area contributed by atoms with E-state index in [0.29, 0.717) is 10.7 Å². The molecule has 3 aromatic rings. The lowest BCUT2D eigenvalue weighted by Crippen LogP contribution is -2.15. The highest BCUT2D eigenvalue weighted by Gasteiger charge is 2.09. The summed E-state index contributed by atoms with van der Waals surface area (Å²) in [6, 6.07) is 11.4. The van der Waals surface area contributed by atoms with E-state index in [4.69, 9.17) is 11.6 Å². The number of pyridine rings is 1. The van der Waals surface area contributed by atoms with E-state index in [2.05, 4.69) is 21.2 Å². The van der Waals surface area contributed by atoms with Crippen LogP contribution in [0.5, 0.6) is 0 Å². The molecular weight excluding hydrogens is 330 g/mol. The third-order valence-electron chi connectivity index (χ3n) is 2.95. The lowest BCUT2D eigenvalue weighted by atomic mass is 10.1. The molecule has 96 valence electrons. The second-order valence-corrected chi connectivity index (χ2v) is 5.34. The van der Waals surface area contributed by atoms with Gasteiger partial charge in [-0.3, -0.25) is 0 Å². The molecule has 1 aromatic carbocycles. The van der Waals surface area contributed by atoms with Crippen LogP contribution >= 0.6 is 27.7 Å². The first-order valence-electron chi connectivity index (χ1n) is 5.61. The maximum Gasteiger partial charge on any atom is 0.361 e. The van der Waals surface area contributed by atoms with Gasteiger partial charge in [0, 0.05) is 10.7 Å². The molecule has 0 N–H and O–H groups in total. The molecule has 2 heterocycles. The van der Waals surface area contributed by atoms with Gasteiger partial charge in [0.05, 0.1) is 16.1 Å². The Morgan fingerprint density at radius 2 is 1.84 bits per heavy atom. The van der Waals surface area contributed by atoms with Crippen molar-refractivity contribution in [3.8, 4) is 11.1 Å². The molecule has 0 amide bonds. The van der Waals surface area contributed by atoms with E-state index >= 15 is 0 Å². The van der Waals surface area contributed by atoms with Gasteiger partial charge >= 0.3 is 5.69 Å². The Bertz CT molecular complexity index is 820. The van der Waals surface area contributed by atoms with Gasteiger partial charge in [0.15, 0.2) is 5.65 Å². The molecule has 0 atom stereocenters. The van der Waals surface area contributed by atoms with Gasteiger partial charge in [0.25, 0.3) is 0 Å². The molecule has 0 aliphatic heterocycles. The topological polar surface area (TPSA) is 39.3 Å².